The van der Waals surface area contributed by atoms with Gasteiger partial charge in [0.15, 0.2) is 0 Å². The normalized spacial score (nSPS) is 11.3. The first-order valence-corrected chi connectivity index (χ1v) is 2.25. The molecule has 0 aliphatic rings. The molecule has 0 unspecified atom stereocenters. The van der Waals surface area contributed by atoms with Gasteiger partial charge >= 0.3 is 0 Å². The lowest BCUT2D eigenvalue weighted by atomic mass is 10.4. The maximum absolute atomic E-state index is 4.00. The van der Waals surface area contributed by atoms with E-state index in [1.165, 1.54) is 0 Å². The second-order valence-corrected chi connectivity index (χ2v) is 1.50. The van der Waals surface area contributed by atoms with Crippen LogP contribution >= 0.6 is 0 Å². The fourth-order valence-corrected chi connectivity index (χ4v) is 0.298. The first-order valence-electron chi connectivity index (χ1n) is 2.25. The zero-order valence-corrected chi connectivity index (χ0v) is 4.60. The van der Waals surface area contributed by atoms with Crippen LogP contribution < -0.4 is 0 Å². The summed E-state index contributed by atoms with van der Waals surface area (Å²) in [5.41, 5.74) is 0. The molecular formula is C5H11N. The molecule has 0 radical (unpaired) electrons. The molecule has 0 saturated heterocycles. The van der Waals surface area contributed by atoms with Gasteiger partial charge in [0.05, 0.1) is 0 Å². The summed E-state index contributed by atoms with van der Waals surface area (Å²) in [7, 11) is 0. The minimum atomic E-state index is 0.468. The Bertz CT molecular complexity index is 45.9. The average Bonchev–Trinajstić information content (AvgIpc) is 1.35. The lowest BCUT2D eigenvalue weighted by Gasteiger charge is -1.88. The van der Waals surface area contributed by atoms with Crippen molar-refractivity contribution in [3.63, 3.8) is 0 Å². The maximum atomic E-state index is 4.00. The molecule has 0 amide bonds. The Morgan fingerprint density at radius 2 is 2.00 bits per heavy atom. The second-order valence-electron chi connectivity index (χ2n) is 1.50. The average molecular weight is 85.2 g/mol. The highest BCUT2D eigenvalue weighted by Crippen LogP contribution is 1.80. The lowest BCUT2D eigenvalue weighted by molar-refractivity contribution is 0.840. The summed E-state index contributed by atoms with van der Waals surface area (Å²) in [6.45, 7) is 6.04. The van der Waals surface area contributed by atoms with Crippen LogP contribution in [0.2, 0.25) is 0 Å². The summed E-state index contributed by atoms with van der Waals surface area (Å²) in [5.74, 6) is 0. The lowest BCUT2D eigenvalue weighted by Crippen LogP contribution is -1.85. The SMILES string of the molecule is C/C=N\C(C)C. The second kappa shape index (κ2) is 2.88. The van der Waals surface area contributed by atoms with Gasteiger partial charge in [-0.1, -0.05) is 0 Å². The van der Waals surface area contributed by atoms with Gasteiger partial charge in [0.2, 0.25) is 0 Å². The fourth-order valence-electron chi connectivity index (χ4n) is 0.298. The third kappa shape index (κ3) is 3.67. The standard InChI is InChI=1S/C5H11N/c1-4-6-5(2)3/h4-5H,1-3H3/b6-4-. The Kier molecular flexibility index (Phi) is 2.73. The van der Waals surface area contributed by atoms with Gasteiger partial charge in [-0.2, -0.15) is 0 Å². The Balaban J connectivity index is 3.03. The van der Waals surface area contributed by atoms with Crippen molar-refractivity contribution in [2.45, 2.75) is 26.8 Å². The minimum absolute atomic E-state index is 0.468. The maximum Gasteiger partial charge on any atom is 0.0439 e. The number of nitrogens with zero attached hydrogens (tertiary/aromatic N) is 1. The smallest absolute Gasteiger partial charge is 0.0439 e. The number of hydrogen-bond acceptors (Lipinski definition) is 1. The molecule has 0 rings (SSSR count). The van der Waals surface area contributed by atoms with E-state index in [0.29, 0.717) is 6.04 Å². The van der Waals surface area contributed by atoms with Crippen LogP contribution in [-0.4, -0.2) is 12.3 Å². The molecule has 0 aromatic heterocycles. The van der Waals surface area contributed by atoms with E-state index in [-0.39, 0.29) is 0 Å². The predicted molar refractivity (Wildman–Crippen MR) is 29.3 cm³/mol. The summed E-state index contributed by atoms with van der Waals surface area (Å²) in [6, 6.07) is 0.468. The first kappa shape index (κ1) is 5.67. The summed E-state index contributed by atoms with van der Waals surface area (Å²) in [5, 5.41) is 0. The van der Waals surface area contributed by atoms with E-state index in [9.17, 15) is 0 Å². The molecule has 0 aromatic rings. The summed E-state index contributed by atoms with van der Waals surface area (Å²) in [6.07, 6.45) is 1.82. The molecule has 6 heavy (non-hydrogen) atoms. The Morgan fingerprint density at radius 3 is 2.00 bits per heavy atom. The number of aliphatic imine (C=N–C) groups is 1. The van der Waals surface area contributed by atoms with Gasteiger partial charge in [0.1, 0.15) is 0 Å². The molecule has 36 valence electrons. The molecule has 0 bridgehead atoms. The number of hydrogen-bond donors (Lipinski definition) is 0. The third-order valence-electron chi connectivity index (χ3n) is 0.447. The van der Waals surface area contributed by atoms with Crippen molar-refractivity contribution >= 4 is 6.21 Å². The highest BCUT2D eigenvalue weighted by atomic mass is 14.7. The van der Waals surface area contributed by atoms with Crippen molar-refractivity contribution in [3.8, 4) is 0 Å². The van der Waals surface area contributed by atoms with Crippen molar-refractivity contribution in [2.24, 2.45) is 4.99 Å². The Morgan fingerprint density at radius 1 is 1.50 bits per heavy atom. The van der Waals surface area contributed by atoms with Crippen molar-refractivity contribution in [1.82, 2.24) is 0 Å². The van der Waals surface area contributed by atoms with Crippen LogP contribution in [0.15, 0.2) is 4.99 Å². The van der Waals surface area contributed by atoms with Gasteiger partial charge in [-0.05, 0) is 27.0 Å². The molecule has 0 heterocycles. The molecule has 0 saturated carbocycles. The fraction of sp³-hybridized carbons (Fsp3) is 0.800. The Hall–Kier alpha value is -0.330. The first-order chi connectivity index (χ1) is 2.77. The molecule has 1 nitrogen and oxygen atoms in total. The van der Waals surface area contributed by atoms with E-state index in [4.69, 9.17) is 0 Å². The van der Waals surface area contributed by atoms with Crippen LogP contribution in [0, 0.1) is 0 Å². The van der Waals surface area contributed by atoms with Crippen LogP contribution in [0.5, 0.6) is 0 Å². The minimum Gasteiger partial charge on any atom is -0.295 e. The molecule has 0 aromatic carbocycles. The molecule has 0 N–H and O–H groups in total. The van der Waals surface area contributed by atoms with Gasteiger partial charge in [0.25, 0.3) is 0 Å². The van der Waals surface area contributed by atoms with Gasteiger partial charge in [-0.3, -0.25) is 4.99 Å². The molecule has 0 atom stereocenters. The molecule has 0 spiro atoms. The highest BCUT2D eigenvalue weighted by Gasteiger charge is 1.76. The van der Waals surface area contributed by atoms with Crippen LogP contribution in [0.25, 0.3) is 0 Å². The van der Waals surface area contributed by atoms with Crippen LogP contribution in [-0.2, 0) is 0 Å². The molecule has 0 aliphatic heterocycles. The topological polar surface area (TPSA) is 12.4 Å². The van der Waals surface area contributed by atoms with E-state index < -0.39 is 0 Å². The van der Waals surface area contributed by atoms with Crippen LogP contribution in [0.4, 0.5) is 0 Å². The van der Waals surface area contributed by atoms with Crippen molar-refractivity contribution in [2.75, 3.05) is 0 Å². The summed E-state index contributed by atoms with van der Waals surface area (Å²) in [4.78, 5) is 4.00. The quantitative estimate of drug-likeness (QED) is 0.428. The van der Waals surface area contributed by atoms with E-state index in [1.54, 1.807) is 0 Å². The molecule has 1 heteroatoms. The highest BCUT2D eigenvalue weighted by molar-refractivity contribution is 5.53. The van der Waals surface area contributed by atoms with E-state index in [0.717, 1.165) is 0 Å². The van der Waals surface area contributed by atoms with E-state index in [1.807, 2.05) is 13.1 Å². The van der Waals surface area contributed by atoms with Gasteiger partial charge < -0.3 is 0 Å². The van der Waals surface area contributed by atoms with E-state index >= 15 is 0 Å². The number of rotatable bonds is 1. The Labute approximate surface area is 39.1 Å². The van der Waals surface area contributed by atoms with Gasteiger partial charge in [-0.25, -0.2) is 0 Å². The summed E-state index contributed by atoms with van der Waals surface area (Å²) >= 11 is 0. The zero-order valence-electron chi connectivity index (χ0n) is 4.60. The van der Waals surface area contributed by atoms with E-state index in [2.05, 4.69) is 18.8 Å². The summed E-state index contributed by atoms with van der Waals surface area (Å²) < 4.78 is 0. The monoisotopic (exact) mass is 85.1 g/mol. The molecule has 0 fully saturated rings. The van der Waals surface area contributed by atoms with Gasteiger partial charge in [-0.15, -0.1) is 0 Å². The van der Waals surface area contributed by atoms with Crippen LogP contribution in [0.1, 0.15) is 20.8 Å². The van der Waals surface area contributed by atoms with Gasteiger partial charge in [0, 0.05) is 6.04 Å². The largest absolute Gasteiger partial charge is 0.295 e. The predicted octanol–water partition coefficient (Wildman–Crippen LogP) is 1.49. The molecule has 0 aliphatic carbocycles. The third-order valence-corrected chi connectivity index (χ3v) is 0.447. The van der Waals surface area contributed by atoms with Crippen molar-refractivity contribution < 1.29 is 0 Å². The van der Waals surface area contributed by atoms with Crippen LogP contribution in [0.3, 0.4) is 0 Å². The molecular weight excluding hydrogens is 74.1 g/mol. The van der Waals surface area contributed by atoms with Crippen molar-refractivity contribution in [1.29, 1.82) is 0 Å². The van der Waals surface area contributed by atoms with Crippen molar-refractivity contribution in [3.05, 3.63) is 0 Å². The zero-order chi connectivity index (χ0) is 4.99.